The molecule has 10 rings (SSSR count). The number of piperidine rings is 3. The number of carbonyl (C=O) groups excluding carboxylic acids is 5. The first-order chi connectivity index (χ1) is 28.6. The van der Waals surface area contributed by atoms with Crippen LogP contribution in [0.4, 0.5) is 11.5 Å². The van der Waals surface area contributed by atoms with E-state index in [0.29, 0.717) is 51.0 Å². The molecule has 3 unspecified atom stereocenters. The fourth-order valence-electron chi connectivity index (χ4n) is 11.0. The molecule has 5 amide bonds. The standard InChI is InChI=1S/C45H49ClN8O6/c1-44(2)42(45(3,4)43(44)60-31-8-5-26(20-47)34(46)19-31)50-38(56)27-6-11-36(48-21-27)51-15-13-25(14-16-51)22-53-29-17-30(53)24-52(23-29)28-7-9-32-33(18-28)41(59)54(40(32)58)35-10-12-37(55)49-39(35)57/h5-9,11,18-19,21,25,29-30,35,42-43H,10,12-17,22-24H2,1-4H3,(H,50,56)(H,49,55,57). The zero-order valence-electron chi connectivity index (χ0n) is 34.2. The van der Waals surface area contributed by atoms with Gasteiger partial charge >= 0.3 is 0 Å². The number of pyridine rings is 1. The number of fused-ring (bicyclic) bond motifs is 3. The SMILES string of the molecule is CC1(C)C(NC(=O)c2ccc(N3CCC(CN4C5CC4CN(c4ccc6c(c4)C(=O)N(C4CCC(=O)NC4=O)C6=O)C5)CC3)nc2)C(C)(C)C1Oc1ccc(C#N)c(Cl)c1. The third-order valence-electron chi connectivity index (χ3n) is 14.0. The Balaban J connectivity index is 0.746. The fourth-order valence-corrected chi connectivity index (χ4v) is 11.2. The van der Waals surface area contributed by atoms with Crippen molar-refractivity contribution in [2.24, 2.45) is 16.7 Å². The molecule has 0 radical (unpaired) electrons. The number of ether oxygens (including phenoxy) is 1. The lowest BCUT2D eigenvalue weighted by Crippen LogP contribution is -2.74. The van der Waals surface area contributed by atoms with Crippen LogP contribution >= 0.6 is 11.6 Å². The molecule has 0 spiro atoms. The van der Waals surface area contributed by atoms with Crippen molar-refractivity contribution in [2.75, 3.05) is 42.5 Å². The molecule has 3 atom stereocenters. The second-order valence-electron chi connectivity index (χ2n) is 18.5. The number of amides is 5. The maximum atomic E-state index is 13.5. The monoisotopic (exact) mass is 832 g/mol. The molecular weight excluding hydrogens is 784 g/mol. The Morgan fingerprint density at radius 3 is 2.30 bits per heavy atom. The number of nitrogens with zero attached hydrogens (tertiary/aromatic N) is 6. The fraction of sp³-hybridized carbons (Fsp3) is 0.489. The number of aromatic nitrogens is 1. The Morgan fingerprint density at radius 1 is 0.933 bits per heavy atom. The first-order valence-electron chi connectivity index (χ1n) is 20.9. The summed E-state index contributed by atoms with van der Waals surface area (Å²) >= 11 is 6.25. The van der Waals surface area contributed by atoms with Crippen molar-refractivity contribution >= 4 is 52.6 Å². The van der Waals surface area contributed by atoms with Crippen LogP contribution in [0, 0.1) is 28.1 Å². The topological polar surface area (TPSA) is 168 Å². The van der Waals surface area contributed by atoms with E-state index in [1.54, 1.807) is 36.5 Å². The maximum absolute atomic E-state index is 13.5. The summed E-state index contributed by atoms with van der Waals surface area (Å²) in [6.45, 7) is 12.9. The minimum Gasteiger partial charge on any atom is -0.489 e. The Labute approximate surface area is 354 Å². The quantitative estimate of drug-likeness (QED) is 0.285. The van der Waals surface area contributed by atoms with Crippen LogP contribution in [-0.4, -0.2) is 107 Å². The Morgan fingerprint density at radius 2 is 1.65 bits per heavy atom. The highest BCUT2D eigenvalue weighted by atomic mass is 35.5. The Hall–Kier alpha value is -5.52. The number of nitrogens with one attached hydrogen (secondary N) is 2. The first kappa shape index (κ1) is 39.9. The molecule has 7 aliphatic rings. The summed E-state index contributed by atoms with van der Waals surface area (Å²) in [5.74, 6) is -0.111. The number of hydrogen-bond donors (Lipinski definition) is 2. The van der Waals surface area contributed by atoms with Gasteiger partial charge in [-0.1, -0.05) is 39.3 Å². The molecule has 6 fully saturated rings. The van der Waals surface area contributed by atoms with E-state index in [-0.39, 0.29) is 41.7 Å². The summed E-state index contributed by atoms with van der Waals surface area (Å²) in [5, 5.41) is 15.1. The van der Waals surface area contributed by atoms with Crippen LogP contribution in [0.5, 0.6) is 5.75 Å². The molecule has 14 nitrogen and oxygen atoms in total. The van der Waals surface area contributed by atoms with Crippen LogP contribution in [0.2, 0.25) is 5.02 Å². The van der Waals surface area contributed by atoms with E-state index in [0.717, 1.165) is 68.4 Å². The molecule has 5 saturated heterocycles. The van der Waals surface area contributed by atoms with Crippen LogP contribution in [0.25, 0.3) is 0 Å². The van der Waals surface area contributed by atoms with E-state index in [1.807, 2.05) is 18.2 Å². The molecule has 15 heteroatoms. The molecule has 312 valence electrons. The van der Waals surface area contributed by atoms with Gasteiger partial charge in [0.2, 0.25) is 11.8 Å². The van der Waals surface area contributed by atoms with Crippen LogP contribution in [0.1, 0.15) is 96.4 Å². The van der Waals surface area contributed by atoms with Gasteiger partial charge in [-0.3, -0.25) is 39.1 Å². The van der Waals surface area contributed by atoms with Crippen LogP contribution in [0.3, 0.4) is 0 Å². The van der Waals surface area contributed by atoms with Gasteiger partial charge in [0.15, 0.2) is 0 Å². The highest BCUT2D eigenvalue weighted by molar-refractivity contribution is 6.31. The average molecular weight is 833 g/mol. The Bertz CT molecular complexity index is 2310. The van der Waals surface area contributed by atoms with E-state index < -0.39 is 29.7 Å². The van der Waals surface area contributed by atoms with Gasteiger partial charge in [0.05, 0.1) is 27.3 Å². The number of benzene rings is 2. The predicted octanol–water partition coefficient (Wildman–Crippen LogP) is 4.80. The zero-order chi connectivity index (χ0) is 42.2. The van der Waals surface area contributed by atoms with Crippen molar-refractivity contribution in [1.82, 2.24) is 25.4 Å². The molecule has 3 aromatic rings. The first-order valence-corrected chi connectivity index (χ1v) is 21.3. The van der Waals surface area contributed by atoms with Gasteiger partial charge < -0.3 is 19.9 Å². The van der Waals surface area contributed by atoms with Crippen molar-refractivity contribution in [3.05, 3.63) is 82.0 Å². The van der Waals surface area contributed by atoms with Crippen LogP contribution in [-0.2, 0) is 9.59 Å². The van der Waals surface area contributed by atoms with E-state index in [9.17, 15) is 29.2 Å². The number of nitriles is 1. The molecule has 2 bridgehead atoms. The van der Waals surface area contributed by atoms with Gasteiger partial charge in [-0.05, 0) is 74.1 Å². The van der Waals surface area contributed by atoms with E-state index >= 15 is 0 Å². The Kier molecular flexibility index (Phi) is 9.90. The molecule has 2 N–H and O–H groups in total. The number of hydrogen-bond acceptors (Lipinski definition) is 11. The number of rotatable bonds is 9. The predicted molar refractivity (Wildman–Crippen MR) is 223 cm³/mol. The van der Waals surface area contributed by atoms with Crippen LogP contribution in [0.15, 0.2) is 54.7 Å². The van der Waals surface area contributed by atoms with Crippen molar-refractivity contribution in [2.45, 2.75) is 90.1 Å². The van der Waals surface area contributed by atoms with Crippen molar-refractivity contribution in [3.63, 3.8) is 0 Å². The number of carbonyl (C=O) groups is 5. The molecule has 6 aliphatic heterocycles. The van der Waals surface area contributed by atoms with E-state index in [1.165, 1.54) is 0 Å². The van der Waals surface area contributed by atoms with Gasteiger partial charge in [0.1, 0.15) is 29.8 Å². The number of halogens is 1. The molecule has 7 heterocycles. The second-order valence-corrected chi connectivity index (χ2v) is 18.9. The highest BCUT2D eigenvalue weighted by Crippen LogP contribution is 2.55. The third-order valence-corrected chi connectivity index (χ3v) is 14.3. The summed E-state index contributed by atoms with van der Waals surface area (Å²) in [5.41, 5.74) is 1.67. The lowest BCUT2D eigenvalue weighted by molar-refractivity contribution is -0.164. The summed E-state index contributed by atoms with van der Waals surface area (Å²) in [6.07, 6.45) is 4.94. The van der Waals surface area contributed by atoms with Gasteiger partial charge in [-0.25, -0.2) is 4.98 Å². The van der Waals surface area contributed by atoms with Gasteiger partial charge in [0, 0.05) is 86.1 Å². The zero-order valence-corrected chi connectivity index (χ0v) is 35.0. The molecule has 2 aromatic carbocycles. The summed E-state index contributed by atoms with van der Waals surface area (Å²) in [6, 6.07) is 16.0. The summed E-state index contributed by atoms with van der Waals surface area (Å²) in [7, 11) is 0. The summed E-state index contributed by atoms with van der Waals surface area (Å²) < 4.78 is 6.38. The van der Waals surface area contributed by atoms with E-state index in [2.05, 4.69) is 59.1 Å². The smallest absolute Gasteiger partial charge is 0.262 e. The molecule has 60 heavy (non-hydrogen) atoms. The lowest BCUT2D eigenvalue weighted by atomic mass is 9.49. The number of piperazine rings is 1. The molecule has 1 aliphatic carbocycles. The minimum absolute atomic E-state index is 0.0901. The summed E-state index contributed by atoms with van der Waals surface area (Å²) in [4.78, 5) is 77.2. The normalized spacial score (nSPS) is 27.1. The second kappa shape index (κ2) is 14.9. The molecule has 1 aromatic heterocycles. The van der Waals surface area contributed by atoms with E-state index in [4.69, 9.17) is 21.3 Å². The van der Waals surface area contributed by atoms with Gasteiger partial charge in [0.25, 0.3) is 17.7 Å². The lowest BCUT2D eigenvalue weighted by Gasteiger charge is -2.63. The number of imide groups is 2. The maximum Gasteiger partial charge on any atom is 0.262 e. The average Bonchev–Trinajstić information content (AvgIpc) is 3.48. The van der Waals surface area contributed by atoms with Gasteiger partial charge in [-0.2, -0.15) is 5.26 Å². The van der Waals surface area contributed by atoms with Crippen molar-refractivity contribution in [3.8, 4) is 11.8 Å². The highest BCUT2D eigenvalue weighted by Gasteiger charge is 2.64. The number of anilines is 2. The largest absolute Gasteiger partial charge is 0.489 e. The molecular formula is C45H49ClN8O6. The van der Waals surface area contributed by atoms with Crippen molar-refractivity contribution in [1.29, 1.82) is 5.26 Å². The van der Waals surface area contributed by atoms with Crippen molar-refractivity contribution < 1.29 is 28.7 Å². The third kappa shape index (κ3) is 6.76. The van der Waals surface area contributed by atoms with Gasteiger partial charge in [-0.15, -0.1) is 0 Å². The minimum atomic E-state index is -0.976. The molecule has 1 saturated carbocycles. The van der Waals surface area contributed by atoms with Crippen LogP contribution < -0.4 is 25.2 Å².